The quantitative estimate of drug-likeness (QED) is 0.506. The molecule has 1 unspecified atom stereocenters. The number of ether oxygens (including phenoxy) is 1. The van der Waals surface area contributed by atoms with Crippen LogP contribution in [0, 0.1) is 0 Å². The van der Waals surface area contributed by atoms with Gasteiger partial charge in [0.1, 0.15) is 12.4 Å². The number of hydrogen-bond acceptors (Lipinski definition) is 2. The normalized spacial score (nSPS) is 12.0. The average molecular weight is 386 g/mol. The molecule has 0 aromatic heterocycles. The van der Waals surface area contributed by atoms with Gasteiger partial charge in [0, 0.05) is 33.8 Å². The molecule has 0 bridgehead atoms. The van der Waals surface area contributed by atoms with Crippen LogP contribution in [0.1, 0.15) is 29.7 Å². The van der Waals surface area contributed by atoms with Crippen molar-refractivity contribution in [3.63, 3.8) is 0 Å². The van der Waals surface area contributed by atoms with Crippen LogP contribution in [-0.2, 0) is 13.2 Å². The lowest BCUT2D eigenvalue weighted by Crippen LogP contribution is -2.18. The third kappa shape index (κ3) is 5.01. The zero-order chi connectivity index (χ0) is 18.4. The summed E-state index contributed by atoms with van der Waals surface area (Å²) in [6.07, 6.45) is 0. The summed E-state index contributed by atoms with van der Waals surface area (Å²) in [4.78, 5) is 0. The maximum atomic E-state index is 6.21. The Kier molecular flexibility index (Phi) is 6.56. The molecule has 0 fully saturated rings. The molecule has 0 aliphatic heterocycles. The first-order valence-electron chi connectivity index (χ1n) is 8.56. The highest BCUT2D eigenvalue weighted by molar-refractivity contribution is 6.31. The first-order chi connectivity index (χ1) is 12.6. The number of rotatable bonds is 7. The van der Waals surface area contributed by atoms with Crippen LogP contribution in [0.5, 0.6) is 5.75 Å². The second-order valence-electron chi connectivity index (χ2n) is 6.15. The smallest absolute Gasteiger partial charge is 0.124 e. The molecular weight excluding hydrogens is 365 g/mol. The molecular formula is C22H21Cl2NO. The van der Waals surface area contributed by atoms with Gasteiger partial charge in [-0.05, 0) is 36.8 Å². The van der Waals surface area contributed by atoms with E-state index in [1.165, 1.54) is 5.56 Å². The van der Waals surface area contributed by atoms with Crippen molar-refractivity contribution in [1.29, 1.82) is 0 Å². The molecule has 0 aliphatic rings. The minimum absolute atomic E-state index is 0.228. The largest absolute Gasteiger partial charge is 0.489 e. The summed E-state index contributed by atoms with van der Waals surface area (Å²) in [6.45, 7) is 3.22. The molecule has 0 saturated carbocycles. The molecule has 134 valence electrons. The van der Waals surface area contributed by atoms with Crippen molar-refractivity contribution in [1.82, 2.24) is 5.32 Å². The van der Waals surface area contributed by atoms with E-state index in [1.54, 1.807) is 0 Å². The Morgan fingerprint density at radius 2 is 1.62 bits per heavy atom. The summed E-state index contributed by atoms with van der Waals surface area (Å²) >= 11 is 12.4. The topological polar surface area (TPSA) is 21.3 Å². The van der Waals surface area contributed by atoms with E-state index in [4.69, 9.17) is 27.9 Å². The third-order valence-electron chi connectivity index (χ3n) is 4.26. The van der Waals surface area contributed by atoms with E-state index in [0.29, 0.717) is 23.2 Å². The highest BCUT2D eigenvalue weighted by Crippen LogP contribution is 2.26. The highest BCUT2D eigenvalue weighted by Gasteiger charge is 2.09. The molecule has 3 aromatic carbocycles. The standard InChI is InChI=1S/C22H21Cl2NO/c1-16(17-7-3-2-4-8-17)25-14-19-13-20(23)11-12-22(19)26-15-18-9-5-6-10-21(18)24/h2-13,16,25H,14-15H2,1H3. The lowest BCUT2D eigenvalue weighted by molar-refractivity contribution is 0.302. The Hall–Kier alpha value is -2.00. The van der Waals surface area contributed by atoms with Gasteiger partial charge in [0.15, 0.2) is 0 Å². The van der Waals surface area contributed by atoms with E-state index in [9.17, 15) is 0 Å². The maximum Gasteiger partial charge on any atom is 0.124 e. The van der Waals surface area contributed by atoms with Crippen molar-refractivity contribution in [2.24, 2.45) is 0 Å². The second-order valence-corrected chi connectivity index (χ2v) is 6.99. The molecule has 4 heteroatoms. The molecule has 1 N–H and O–H groups in total. The maximum absolute atomic E-state index is 6.21. The molecule has 3 rings (SSSR count). The average Bonchev–Trinajstić information content (AvgIpc) is 2.67. The fourth-order valence-electron chi connectivity index (χ4n) is 2.72. The van der Waals surface area contributed by atoms with E-state index in [0.717, 1.165) is 16.9 Å². The van der Waals surface area contributed by atoms with Gasteiger partial charge in [-0.3, -0.25) is 0 Å². The van der Waals surface area contributed by atoms with E-state index in [-0.39, 0.29) is 6.04 Å². The van der Waals surface area contributed by atoms with Gasteiger partial charge in [-0.1, -0.05) is 71.7 Å². The van der Waals surface area contributed by atoms with Crippen LogP contribution in [0.4, 0.5) is 0 Å². The van der Waals surface area contributed by atoms with Crippen LogP contribution in [0.15, 0.2) is 72.8 Å². The zero-order valence-electron chi connectivity index (χ0n) is 14.6. The van der Waals surface area contributed by atoms with Crippen LogP contribution in [0.3, 0.4) is 0 Å². The van der Waals surface area contributed by atoms with Crippen molar-refractivity contribution in [3.05, 3.63) is 99.5 Å². The number of benzene rings is 3. The van der Waals surface area contributed by atoms with Crippen LogP contribution in [0.25, 0.3) is 0 Å². The Bertz CT molecular complexity index is 852. The van der Waals surface area contributed by atoms with E-state index in [2.05, 4.69) is 24.4 Å². The Morgan fingerprint density at radius 1 is 0.885 bits per heavy atom. The van der Waals surface area contributed by atoms with Crippen LogP contribution in [-0.4, -0.2) is 0 Å². The summed E-state index contributed by atoms with van der Waals surface area (Å²) in [5, 5.41) is 4.93. The Morgan fingerprint density at radius 3 is 2.38 bits per heavy atom. The van der Waals surface area contributed by atoms with Gasteiger partial charge in [0.25, 0.3) is 0 Å². The summed E-state index contributed by atoms with van der Waals surface area (Å²) < 4.78 is 6.01. The van der Waals surface area contributed by atoms with Crippen LogP contribution < -0.4 is 10.1 Å². The van der Waals surface area contributed by atoms with Crippen molar-refractivity contribution in [2.45, 2.75) is 26.1 Å². The lowest BCUT2D eigenvalue weighted by Gasteiger charge is -2.17. The molecule has 0 amide bonds. The van der Waals surface area contributed by atoms with Crippen molar-refractivity contribution >= 4 is 23.2 Å². The molecule has 0 spiro atoms. The SMILES string of the molecule is CC(NCc1cc(Cl)ccc1OCc1ccccc1Cl)c1ccccc1. The highest BCUT2D eigenvalue weighted by atomic mass is 35.5. The summed E-state index contributed by atoms with van der Waals surface area (Å²) in [7, 11) is 0. The number of halogens is 2. The fourth-order valence-corrected chi connectivity index (χ4v) is 3.11. The van der Waals surface area contributed by atoms with Gasteiger partial charge in [-0.15, -0.1) is 0 Å². The van der Waals surface area contributed by atoms with Gasteiger partial charge in [0.05, 0.1) is 0 Å². The van der Waals surface area contributed by atoms with Gasteiger partial charge in [-0.2, -0.15) is 0 Å². The number of nitrogens with one attached hydrogen (secondary N) is 1. The predicted molar refractivity (Wildman–Crippen MR) is 109 cm³/mol. The molecule has 3 aromatic rings. The van der Waals surface area contributed by atoms with E-state index in [1.807, 2.05) is 60.7 Å². The molecule has 26 heavy (non-hydrogen) atoms. The summed E-state index contributed by atoms with van der Waals surface area (Å²) in [6, 6.07) is 24.0. The van der Waals surface area contributed by atoms with Crippen molar-refractivity contribution < 1.29 is 4.74 Å². The van der Waals surface area contributed by atoms with Gasteiger partial charge >= 0.3 is 0 Å². The first-order valence-corrected chi connectivity index (χ1v) is 9.32. The van der Waals surface area contributed by atoms with Crippen molar-refractivity contribution in [3.8, 4) is 5.75 Å². The van der Waals surface area contributed by atoms with Gasteiger partial charge in [-0.25, -0.2) is 0 Å². The van der Waals surface area contributed by atoms with E-state index >= 15 is 0 Å². The zero-order valence-corrected chi connectivity index (χ0v) is 16.1. The Balaban J connectivity index is 1.69. The number of hydrogen-bond donors (Lipinski definition) is 1. The van der Waals surface area contributed by atoms with Crippen molar-refractivity contribution in [2.75, 3.05) is 0 Å². The van der Waals surface area contributed by atoms with E-state index < -0.39 is 0 Å². The molecule has 0 heterocycles. The third-order valence-corrected chi connectivity index (χ3v) is 4.87. The Labute approximate surface area is 164 Å². The first kappa shape index (κ1) is 18.8. The molecule has 0 saturated heterocycles. The predicted octanol–water partition coefficient (Wildman–Crippen LogP) is 6.42. The second kappa shape index (κ2) is 9.09. The molecule has 2 nitrogen and oxygen atoms in total. The molecule has 0 aliphatic carbocycles. The molecule has 0 radical (unpaired) electrons. The van der Waals surface area contributed by atoms with Gasteiger partial charge in [0.2, 0.25) is 0 Å². The minimum Gasteiger partial charge on any atom is -0.489 e. The summed E-state index contributed by atoms with van der Waals surface area (Å²) in [5.74, 6) is 0.807. The van der Waals surface area contributed by atoms with Crippen LogP contribution >= 0.6 is 23.2 Å². The lowest BCUT2D eigenvalue weighted by atomic mass is 10.1. The minimum atomic E-state index is 0.228. The monoisotopic (exact) mass is 385 g/mol. The van der Waals surface area contributed by atoms with Gasteiger partial charge < -0.3 is 10.1 Å². The summed E-state index contributed by atoms with van der Waals surface area (Å²) in [5.41, 5.74) is 3.22. The van der Waals surface area contributed by atoms with Crippen LogP contribution in [0.2, 0.25) is 10.0 Å². The molecule has 1 atom stereocenters. The fraction of sp³-hybridized carbons (Fsp3) is 0.182.